The molecule has 0 heterocycles. The van der Waals surface area contributed by atoms with E-state index in [4.69, 9.17) is 30.6 Å². The van der Waals surface area contributed by atoms with Gasteiger partial charge in [0.15, 0.2) is 0 Å². The molecule has 0 radical (unpaired) electrons. The summed E-state index contributed by atoms with van der Waals surface area (Å²) < 4.78 is 0. The van der Waals surface area contributed by atoms with E-state index < -0.39 is 11.9 Å². The molecule has 16 nitrogen and oxygen atoms in total. The molecule has 0 unspecified atom stereocenters. The van der Waals surface area contributed by atoms with Crippen LogP contribution in [0.15, 0.2) is 105 Å². The Morgan fingerprint density at radius 2 is 0.800 bits per heavy atom. The third kappa shape index (κ3) is 23.6. The van der Waals surface area contributed by atoms with E-state index >= 15 is 0 Å². The fourth-order valence-corrected chi connectivity index (χ4v) is 4.06. The minimum Gasteiger partial charge on any atom is -0.481 e. The number of fused-ring (bicyclic) bond motifs is 1. The molecule has 4 rings (SSSR count). The van der Waals surface area contributed by atoms with E-state index in [-0.39, 0.29) is 39.3 Å². The number of aliphatic hydroxyl groups excluding tert-OH is 4. The van der Waals surface area contributed by atoms with Crippen LogP contribution >= 0.6 is 0 Å². The highest BCUT2D eigenvalue weighted by molar-refractivity contribution is 6.00. The number of carboxylic acids is 2. The predicted molar refractivity (Wildman–Crippen MR) is 202 cm³/mol. The lowest BCUT2D eigenvalue weighted by Gasteiger charge is -2.02. The summed E-state index contributed by atoms with van der Waals surface area (Å²) in [6.07, 6.45) is 9.21. The van der Waals surface area contributed by atoms with Gasteiger partial charge in [0.25, 0.3) is 0 Å². The molecule has 4 aromatic rings. The quantitative estimate of drug-likeness (QED) is 0.0503. The van der Waals surface area contributed by atoms with Gasteiger partial charge in [-0.25, -0.2) is 19.2 Å². The molecule has 0 aromatic heterocycles. The highest BCUT2D eigenvalue weighted by Gasteiger charge is 2.03. The van der Waals surface area contributed by atoms with Gasteiger partial charge in [0.1, 0.15) is 0 Å². The number of aliphatic carboxylic acids is 2. The number of isocyanates is 4. The maximum atomic E-state index is 10.3. The van der Waals surface area contributed by atoms with E-state index in [2.05, 4.69) is 20.0 Å². The molecule has 0 spiro atoms. The molecule has 0 fully saturated rings. The number of nitrogens with zero attached hydrogens (tertiary/aromatic N) is 4. The maximum Gasteiger partial charge on any atom is 0.303 e. The summed E-state index contributed by atoms with van der Waals surface area (Å²) in [4.78, 5) is 74.8. The van der Waals surface area contributed by atoms with Crippen LogP contribution in [-0.4, -0.2) is 93.3 Å². The van der Waals surface area contributed by atoms with Crippen LogP contribution in [0.5, 0.6) is 0 Å². The van der Waals surface area contributed by atoms with Crippen molar-refractivity contribution in [3.63, 3.8) is 0 Å². The Hall–Kier alpha value is -6.56. The van der Waals surface area contributed by atoms with Gasteiger partial charge < -0.3 is 30.6 Å². The second-order valence-electron chi connectivity index (χ2n) is 10.6. The normalized spacial score (nSPS) is 9.09. The predicted octanol–water partition coefficient (Wildman–Crippen LogP) is 5.42. The fourth-order valence-electron chi connectivity index (χ4n) is 4.06. The summed E-state index contributed by atoms with van der Waals surface area (Å²) in [5, 5.41) is 49.2. The van der Waals surface area contributed by atoms with Crippen LogP contribution in [0.2, 0.25) is 0 Å². The second-order valence-corrected chi connectivity index (χ2v) is 10.6. The number of carbonyl (C=O) groups excluding carboxylic acids is 4. The fraction of sp³-hybridized carbons (Fsp3) is 0.282. The molecule has 0 aliphatic rings. The first-order chi connectivity index (χ1) is 26.6. The first kappa shape index (κ1) is 48.4. The molecular weight excluding hydrogens is 716 g/mol. The lowest BCUT2D eigenvalue weighted by atomic mass is 10.0. The zero-order chi connectivity index (χ0) is 41.1. The van der Waals surface area contributed by atoms with E-state index in [0.717, 1.165) is 41.2 Å². The largest absolute Gasteiger partial charge is 0.481 e. The Morgan fingerprint density at radius 3 is 1.07 bits per heavy atom. The summed E-state index contributed by atoms with van der Waals surface area (Å²) in [7, 11) is 0. The average molecular weight is 759 g/mol. The number of carbonyl (C=O) groups is 2. The van der Waals surface area contributed by atoms with Crippen molar-refractivity contribution in [2.24, 2.45) is 20.0 Å². The summed E-state index contributed by atoms with van der Waals surface area (Å²) >= 11 is 0. The van der Waals surface area contributed by atoms with E-state index in [1.54, 1.807) is 60.7 Å². The summed E-state index contributed by atoms with van der Waals surface area (Å²) in [6.45, 7) is 0.140. The highest BCUT2D eigenvalue weighted by Crippen LogP contribution is 2.31. The van der Waals surface area contributed by atoms with Gasteiger partial charge in [-0.3, -0.25) is 9.59 Å². The third-order valence-corrected chi connectivity index (χ3v) is 6.54. The van der Waals surface area contributed by atoms with Crippen LogP contribution in [0.3, 0.4) is 0 Å². The SMILES string of the molecule is O=C(O)CCCCC(=O)O.O=C=Nc1ccc(Cc2ccc(N=C=O)cc2)cc1.O=C=Nc1cccc2c(N=C=O)cccc12.OCCCCO.OCCO. The minimum absolute atomic E-state index is 0.0628. The Kier molecular flexibility index (Phi) is 28.3. The van der Waals surface area contributed by atoms with Crippen molar-refractivity contribution in [3.8, 4) is 0 Å². The molecule has 16 heteroatoms. The molecule has 0 saturated heterocycles. The van der Waals surface area contributed by atoms with Crippen LogP contribution in [0.4, 0.5) is 22.7 Å². The van der Waals surface area contributed by atoms with E-state index in [1.807, 2.05) is 24.3 Å². The number of rotatable bonds is 15. The van der Waals surface area contributed by atoms with Crippen molar-refractivity contribution in [1.29, 1.82) is 0 Å². The number of aliphatic imine (C=N–C) groups is 4. The van der Waals surface area contributed by atoms with Crippen LogP contribution < -0.4 is 0 Å². The first-order valence-corrected chi connectivity index (χ1v) is 16.5. The molecule has 0 atom stereocenters. The smallest absolute Gasteiger partial charge is 0.303 e. The molecule has 290 valence electrons. The van der Waals surface area contributed by atoms with Gasteiger partial charge >= 0.3 is 11.9 Å². The van der Waals surface area contributed by atoms with Gasteiger partial charge in [-0.1, -0.05) is 48.5 Å². The Bertz CT molecular complexity index is 1770. The minimum atomic E-state index is -0.870. The number of carboxylic acid groups (broad SMARTS) is 2. The van der Waals surface area contributed by atoms with E-state index in [1.165, 1.54) is 24.3 Å². The van der Waals surface area contributed by atoms with Crippen LogP contribution in [-0.2, 0) is 35.2 Å². The average Bonchev–Trinajstić information content (AvgIpc) is 3.19. The molecule has 55 heavy (non-hydrogen) atoms. The first-order valence-electron chi connectivity index (χ1n) is 16.5. The molecule has 6 N–H and O–H groups in total. The van der Waals surface area contributed by atoms with Crippen molar-refractivity contribution in [1.82, 2.24) is 0 Å². The standard InChI is InChI=1S/C15H10N2O2.C12H6N2O2.C6H10O4.C4H10O2.C2H6O2/c18-10-16-14-5-1-12(2-6-14)9-13-3-7-15(8-4-13)17-11-19;15-7-13-11-5-1-3-9-10(11)4-2-6-12(9)14-8-16;7-5(8)3-1-2-4-6(9)10;5-3-1-2-4-6;3-1-2-4/h1-8H,9H2;1-6H;1-4H2,(H,7,8)(H,9,10);5-6H,1-4H2;3-4H,1-2H2. The van der Waals surface area contributed by atoms with Crippen molar-refractivity contribution in [2.75, 3.05) is 26.4 Å². The van der Waals surface area contributed by atoms with Crippen molar-refractivity contribution >= 4 is 69.8 Å². The Morgan fingerprint density at radius 1 is 0.455 bits per heavy atom. The van der Waals surface area contributed by atoms with Gasteiger partial charge in [-0.15, -0.1) is 0 Å². The Labute approximate surface area is 316 Å². The lowest BCUT2D eigenvalue weighted by Crippen LogP contribution is -1.97. The number of hydrogen-bond donors (Lipinski definition) is 6. The van der Waals surface area contributed by atoms with Gasteiger partial charge in [0.2, 0.25) is 24.3 Å². The van der Waals surface area contributed by atoms with Gasteiger partial charge in [-0.05, 0) is 79.6 Å². The molecular formula is C39H42N4O12. The second kappa shape index (κ2) is 32.1. The maximum absolute atomic E-state index is 10.3. The zero-order valence-electron chi connectivity index (χ0n) is 29.8. The molecule has 0 aliphatic heterocycles. The number of aliphatic hydroxyl groups is 4. The molecule has 0 aliphatic carbocycles. The topological polar surface area (TPSA) is 273 Å². The van der Waals surface area contributed by atoms with Crippen molar-refractivity contribution < 1.29 is 59.4 Å². The highest BCUT2D eigenvalue weighted by atomic mass is 16.4. The lowest BCUT2D eigenvalue weighted by molar-refractivity contribution is -0.139. The zero-order valence-corrected chi connectivity index (χ0v) is 29.8. The number of benzene rings is 4. The van der Waals surface area contributed by atoms with Crippen LogP contribution in [0.1, 0.15) is 49.7 Å². The third-order valence-electron chi connectivity index (χ3n) is 6.54. The summed E-state index contributed by atoms with van der Waals surface area (Å²) in [6, 6.07) is 25.2. The summed E-state index contributed by atoms with van der Waals surface area (Å²) in [5.74, 6) is -1.74. The van der Waals surface area contributed by atoms with Crippen LogP contribution in [0.25, 0.3) is 10.8 Å². The van der Waals surface area contributed by atoms with Crippen molar-refractivity contribution in [2.45, 2.75) is 44.9 Å². The Balaban J connectivity index is 0.000000730. The molecule has 0 bridgehead atoms. The van der Waals surface area contributed by atoms with Gasteiger partial charge in [0.05, 0.1) is 36.0 Å². The number of hydrogen-bond acceptors (Lipinski definition) is 14. The van der Waals surface area contributed by atoms with Gasteiger partial charge in [-0.2, -0.15) is 20.0 Å². The van der Waals surface area contributed by atoms with E-state index in [9.17, 15) is 28.8 Å². The number of unbranched alkanes of at least 4 members (excludes halogenated alkanes) is 2. The summed E-state index contributed by atoms with van der Waals surface area (Å²) in [5.41, 5.74) is 4.42. The van der Waals surface area contributed by atoms with Crippen LogP contribution in [0, 0.1) is 0 Å². The van der Waals surface area contributed by atoms with Gasteiger partial charge in [0, 0.05) is 36.8 Å². The molecule has 4 aromatic carbocycles. The van der Waals surface area contributed by atoms with E-state index in [0.29, 0.717) is 35.6 Å². The van der Waals surface area contributed by atoms with Crippen molar-refractivity contribution in [3.05, 3.63) is 96.1 Å². The monoisotopic (exact) mass is 758 g/mol. The molecule has 0 saturated carbocycles. The molecule has 0 amide bonds.